The number of nitrogens with two attached hydrogens (primary N) is 1. The number of halogens is 1. The fraction of sp³-hybridized carbons (Fsp3) is 0.500. The van der Waals surface area contributed by atoms with Gasteiger partial charge in [-0.2, -0.15) is 0 Å². The number of hydrogen-bond acceptors (Lipinski definition) is 2. The molecule has 1 aromatic carbocycles. The van der Waals surface area contributed by atoms with Gasteiger partial charge in [-0.25, -0.2) is 0 Å². The Balaban J connectivity index is 0.00000196. The topological polar surface area (TPSA) is 35.2 Å². The van der Waals surface area contributed by atoms with Crippen LogP contribution in [-0.4, -0.2) is 6.10 Å². The summed E-state index contributed by atoms with van der Waals surface area (Å²) in [6, 6.07) is 5.86. The van der Waals surface area contributed by atoms with Gasteiger partial charge < -0.3 is 10.5 Å². The van der Waals surface area contributed by atoms with Crippen LogP contribution in [0.3, 0.4) is 0 Å². The molecule has 3 heteroatoms. The molecule has 0 spiro atoms. The van der Waals surface area contributed by atoms with Gasteiger partial charge in [-0.1, -0.05) is 19.9 Å². The van der Waals surface area contributed by atoms with Crippen molar-refractivity contribution in [2.24, 2.45) is 0 Å². The molecule has 86 valence electrons. The molecule has 0 heterocycles. The minimum Gasteiger partial charge on any atom is -0.491 e. The molecule has 2 nitrogen and oxygen atoms in total. The summed E-state index contributed by atoms with van der Waals surface area (Å²) in [5.74, 6) is 1.37. The molecule has 0 radical (unpaired) electrons. The summed E-state index contributed by atoms with van der Waals surface area (Å²) < 4.78 is 5.71. The first kappa shape index (κ1) is 14.1. The van der Waals surface area contributed by atoms with Gasteiger partial charge in [-0.15, -0.1) is 12.4 Å². The van der Waals surface area contributed by atoms with E-state index in [2.05, 4.69) is 13.8 Å². The maximum Gasteiger partial charge on any atom is 0.125 e. The van der Waals surface area contributed by atoms with E-state index in [4.69, 9.17) is 10.5 Å². The number of anilines is 1. The summed E-state index contributed by atoms with van der Waals surface area (Å²) in [5, 5.41) is 0. The lowest BCUT2D eigenvalue weighted by Gasteiger charge is -2.16. The van der Waals surface area contributed by atoms with Crippen molar-refractivity contribution < 1.29 is 4.74 Å². The molecule has 0 saturated carbocycles. The second-order valence-electron chi connectivity index (χ2n) is 4.12. The van der Waals surface area contributed by atoms with Gasteiger partial charge in [0.25, 0.3) is 0 Å². The van der Waals surface area contributed by atoms with Gasteiger partial charge in [0.15, 0.2) is 0 Å². The molecule has 0 amide bonds. The van der Waals surface area contributed by atoms with Gasteiger partial charge in [0.2, 0.25) is 0 Å². The summed E-state index contributed by atoms with van der Waals surface area (Å²) in [5.41, 5.74) is 7.69. The van der Waals surface area contributed by atoms with Crippen molar-refractivity contribution in [2.75, 3.05) is 5.73 Å². The third-order valence-electron chi connectivity index (χ3n) is 2.02. The Bertz CT molecular complexity index is 310. The van der Waals surface area contributed by atoms with Crippen molar-refractivity contribution in [2.45, 2.75) is 39.7 Å². The van der Waals surface area contributed by atoms with Gasteiger partial charge in [0.05, 0.1) is 6.10 Å². The Hall–Kier alpha value is -0.890. The second-order valence-corrected chi connectivity index (χ2v) is 4.12. The van der Waals surface area contributed by atoms with E-state index in [1.165, 1.54) is 5.56 Å². The van der Waals surface area contributed by atoms with Crippen LogP contribution in [0.1, 0.15) is 39.2 Å². The van der Waals surface area contributed by atoms with Crippen LogP contribution in [0.5, 0.6) is 5.75 Å². The fourth-order valence-corrected chi connectivity index (χ4v) is 1.38. The molecule has 0 fully saturated rings. The van der Waals surface area contributed by atoms with Crippen LogP contribution in [0.2, 0.25) is 0 Å². The van der Waals surface area contributed by atoms with Crippen molar-refractivity contribution in [3.05, 3.63) is 23.8 Å². The van der Waals surface area contributed by atoms with Crippen molar-refractivity contribution >= 4 is 18.1 Å². The van der Waals surface area contributed by atoms with Gasteiger partial charge in [0, 0.05) is 11.8 Å². The van der Waals surface area contributed by atoms with Crippen molar-refractivity contribution in [3.63, 3.8) is 0 Å². The largest absolute Gasteiger partial charge is 0.491 e. The van der Waals surface area contributed by atoms with E-state index >= 15 is 0 Å². The maximum absolute atomic E-state index is 5.72. The Morgan fingerprint density at radius 1 is 1.13 bits per heavy atom. The van der Waals surface area contributed by atoms with Gasteiger partial charge in [-0.3, -0.25) is 0 Å². The third kappa shape index (κ3) is 4.00. The Kier molecular flexibility index (Phi) is 5.51. The van der Waals surface area contributed by atoms with E-state index in [0.717, 1.165) is 11.4 Å². The summed E-state index contributed by atoms with van der Waals surface area (Å²) in [7, 11) is 0. The van der Waals surface area contributed by atoms with Crippen LogP contribution in [0.25, 0.3) is 0 Å². The van der Waals surface area contributed by atoms with Crippen molar-refractivity contribution in [3.8, 4) is 5.75 Å². The first-order chi connectivity index (χ1) is 6.50. The minimum atomic E-state index is 0. The zero-order valence-electron chi connectivity index (χ0n) is 9.78. The molecule has 0 aliphatic carbocycles. The van der Waals surface area contributed by atoms with Gasteiger partial charge in [-0.05, 0) is 31.4 Å². The monoisotopic (exact) mass is 229 g/mol. The molecular formula is C12H20ClNO. The smallest absolute Gasteiger partial charge is 0.125 e. The summed E-state index contributed by atoms with van der Waals surface area (Å²) in [6.07, 6.45) is 0.189. The van der Waals surface area contributed by atoms with E-state index in [1.54, 1.807) is 0 Å². The first-order valence-corrected chi connectivity index (χ1v) is 5.06. The first-order valence-electron chi connectivity index (χ1n) is 5.06. The molecule has 0 saturated heterocycles. The molecule has 1 aromatic rings. The molecule has 0 aliphatic rings. The second kappa shape index (κ2) is 5.86. The summed E-state index contributed by atoms with van der Waals surface area (Å²) in [4.78, 5) is 0. The molecule has 0 aliphatic heterocycles. The molecule has 0 aromatic heterocycles. The molecular weight excluding hydrogens is 210 g/mol. The highest BCUT2D eigenvalue weighted by Gasteiger charge is 2.09. The van der Waals surface area contributed by atoms with Crippen molar-refractivity contribution in [1.29, 1.82) is 0 Å². The van der Waals surface area contributed by atoms with Crippen LogP contribution in [-0.2, 0) is 0 Å². The minimum absolute atomic E-state index is 0. The Labute approximate surface area is 98.2 Å². The average molecular weight is 230 g/mol. The molecule has 2 N–H and O–H groups in total. The Morgan fingerprint density at radius 3 is 2.20 bits per heavy atom. The van der Waals surface area contributed by atoms with E-state index in [-0.39, 0.29) is 18.5 Å². The number of rotatable bonds is 3. The molecule has 0 unspecified atom stereocenters. The third-order valence-corrected chi connectivity index (χ3v) is 2.02. The highest BCUT2D eigenvalue weighted by atomic mass is 35.5. The standard InChI is InChI=1S/C12H19NO.ClH/c1-8(2)11-6-5-10(13)7-12(11)14-9(3)4;/h5-9H,13H2,1-4H3;1H. The predicted molar refractivity (Wildman–Crippen MR) is 68.0 cm³/mol. The fourth-order valence-electron chi connectivity index (χ4n) is 1.38. The molecule has 1 rings (SSSR count). The van der Waals surface area contributed by atoms with Crippen LogP contribution < -0.4 is 10.5 Å². The summed E-state index contributed by atoms with van der Waals surface area (Å²) in [6.45, 7) is 8.35. The Morgan fingerprint density at radius 2 is 1.73 bits per heavy atom. The van der Waals surface area contributed by atoms with Crippen LogP contribution in [0, 0.1) is 0 Å². The lowest BCUT2D eigenvalue weighted by molar-refractivity contribution is 0.239. The number of nitrogen functional groups attached to an aromatic ring is 1. The van der Waals surface area contributed by atoms with E-state index in [9.17, 15) is 0 Å². The highest BCUT2D eigenvalue weighted by molar-refractivity contribution is 5.85. The molecule has 15 heavy (non-hydrogen) atoms. The lowest BCUT2D eigenvalue weighted by Crippen LogP contribution is -2.08. The van der Waals surface area contributed by atoms with Crippen LogP contribution in [0.15, 0.2) is 18.2 Å². The quantitative estimate of drug-likeness (QED) is 0.804. The number of hydrogen-bond donors (Lipinski definition) is 1. The SMILES string of the molecule is CC(C)Oc1cc(N)ccc1C(C)C.Cl. The molecule has 0 bridgehead atoms. The maximum atomic E-state index is 5.72. The van der Waals surface area contributed by atoms with Gasteiger partial charge in [0.1, 0.15) is 5.75 Å². The van der Waals surface area contributed by atoms with Crippen LogP contribution >= 0.6 is 12.4 Å². The predicted octanol–water partition coefficient (Wildman–Crippen LogP) is 3.60. The van der Waals surface area contributed by atoms with E-state index < -0.39 is 0 Å². The lowest BCUT2D eigenvalue weighted by atomic mass is 10.0. The number of ether oxygens (including phenoxy) is 1. The van der Waals surface area contributed by atoms with Crippen LogP contribution in [0.4, 0.5) is 5.69 Å². The normalized spacial score (nSPS) is 10.3. The number of benzene rings is 1. The highest BCUT2D eigenvalue weighted by Crippen LogP contribution is 2.29. The summed E-state index contributed by atoms with van der Waals surface area (Å²) >= 11 is 0. The molecule has 0 atom stereocenters. The zero-order valence-corrected chi connectivity index (χ0v) is 10.6. The van der Waals surface area contributed by atoms with Gasteiger partial charge >= 0.3 is 0 Å². The van der Waals surface area contributed by atoms with Crippen molar-refractivity contribution in [1.82, 2.24) is 0 Å². The van der Waals surface area contributed by atoms with E-state index in [0.29, 0.717) is 5.92 Å². The van der Waals surface area contributed by atoms with E-state index in [1.807, 2.05) is 32.0 Å². The zero-order chi connectivity index (χ0) is 10.7. The average Bonchev–Trinajstić information content (AvgIpc) is 2.01.